The lowest BCUT2D eigenvalue weighted by Crippen LogP contribution is -2.48. The lowest BCUT2D eigenvalue weighted by Gasteiger charge is -2.38. The van der Waals surface area contributed by atoms with Gasteiger partial charge in [-0.2, -0.15) is 5.26 Å². The largest absolute Gasteiger partial charge is 0.477 e. The van der Waals surface area contributed by atoms with Crippen LogP contribution in [0.15, 0.2) is 24.5 Å². The topological polar surface area (TPSA) is 100 Å². The number of carbonyl (C=O) groups excluding carboxylic acids is 1. The molecule has 2 bridgehead atoms. The Morgan fingerprint density at radius 2 is 1.97 bits per heavy atom. The molecule has 2 atom stereocenters. The Balaban J connectivity index is 1.39. The molecule has 2 fully saturated rings. The molecule has 1 aromatic heterocycles. The summed E-state index contributed by atoms with van der Waals surface area (Å²) in [7, 11) is 0. The van der Waals surface area contributed by atoms with E-state index < -0.39 is 5.60 Å². The average Bonchev–Trinajstić information content (AvgIpc) is 3.00. The molecule has 2 aliphatic rings. The van der Waals surface area contributed by atoms with Crippen molar-refractivity contribution < 1.29 is 14.3 Å². The molecular formula is C25H30ClN5O3. The summed E-state index contributed by atoms with van der Waals surface area (Å²) in [6, 6.07) is 7.13. The second-order valence-corrected chi connectivity index (χ2v) is 10.4. The number of likely N-dealkylation sites (tertiary alicyclic amines) is 1. The number of nitriles is 1. The number of aromatic nitrogens is 2. The van der Waals surface area contributed by atoms with Crippen LogP contribution in [-0.2, 0) is 4.74 Å². The molecule has 1 saturated heterocycles. The molecule has 8 nitrogen and oxygen atoms in total. The van der Waals surface area contributed by atoms with Crippen LogP contribution in [0.4, 0.5) is 16.3 Å². The number of fused-ring (bicyclic) bond motifs is 2. The monoisotopic (exact) mass is 483 g/mol. The Morgan fingerprint density at radius 1 is 1.26 bits per heavy atom. The normalized spacial score (nSPS) is 21.6. The molecular weight excluding hydrogens is 454 g/mol. The Kier molecular flexibility index (Phi) is 6.85. The van der Waals surface area contributed by atoms with Crippen molar-refractivity contribution in [2.45, 2.75) is 46.1 Å². The lowest BCUT2D eigenvalue weighted by atomic mass is 9.86. The van der Waals surface area contributed by atoms with Crippen molar-refractivity contribution in [2.75, 3.05) is 25.0 Å². The molecule has 2 aromatic rings. The zero-order valence-electron chi connectivity index (χ0n) is 20.0. The highest BCUT2D eigenvalue weighted by Gasteiger charge is 2.44. The summed E-state index contributed by atoms with van der Waals surface area (Å²) in [6.45, 7) is 9.52. The van der Waals surface area contributed by atoms with E-state index in [0.717, 1.165) is 18.4 Å². The van der Waals surface area contributed by atoms with Gasteiger partial charge in [-0.05, 0) is 70.6 Å². The fraction of sp³-hybridized carbons (Fsp3) is 0.520. The minimum absolute atomic E-state index is 0.229. The minimum Gasteiger partial charge on any atom is -0.477 e. The van der Waals surface area contributed by atoms with Gasteiger partial charge in [0.1, 0.15) is 17.7 Å². The van der Waals surface area contributed by atoms with Gasteiger partial charge in [0.25, 0.3) is 0 Å². The predicted molar refractivity (Wildman–Crippen MR) is 129 cm³/mol. The Hall–Kier alpha value is -3.05. The van der Waals surface area contributed by atoms with Gasteiger partial charge >= 0.3 is 6.09 Å². The van der Waals surface area contributed by atoms with E-state index in [2.05, 4.69) is 21.4 Å². The van der Waals surface area contributed by atoms with Crippen LogP contribution < -0.4 is 10.1 Å². The Labute approximate surface area is 205 Å². The molecule has 9 heteroatoms. The number of hydrogen-bond acceptors (Lipinski definition) is 7. The Morgan fingerprint density at radius 3 is 2.59 bits per heavy atom. The number of carbonyl (C=O) groups is 1. The number of rotatable bonds is 5. The van der Waals surface area contributed by atoms with Crippen LogP contribution in [0.2, 0.25) is 5.02 Å². The van der Waals surface area contributed by atoms with Crippen molar-refractivity contribution in [3.05, 3.63) is 40.7 Å². The summed E-state index contributed by atoms with van der Waals surface area (Å²) in [5, 5.41) is 12.7. The summed E-state index contributed by atoms with van der Waals surface area (Å²) in [5.74, 6) is 2.28. The highest BCUT2D eigenvalue weighted by atomic mass is 35.5. The first-order valence-electron chi connectivity index (χ1n) is 11.5. The van der Waals surface area contributed by atoms with Gasteiger partial charge in [-0.1, -0.05) is 11.6 Å². The quantitative estimate of drug-likeness (QED) is 0.613. The molecule has 2 heterocycles. The zero-order chi connectivity index (χ0) is 24.5. The van der Waals surface area contributed by atoms with Crippen LogP contribution in [0.5, 0.6) is 5.88 Å². The molecule has 34 heavy (non-hydrogen) atoms. The summed E-state index contributed by atoms with van der Waals surface area (Å²) in [6.07, 6.45) is 3.41. The maximum absolute atomic E-state index is 12.5. The number of nitrogens with zero attached hydrogens (tertiary/aromatic N) is 4. The number of piperidine rings is 1. The molecule has 4 rings (SSSR count). The highest BCUT2D eigenvalue weighted by Crippen LogP contribution is 2.42. The molecule has 1 aromatic carbocycles. The summed E-state index contributed by atoms with van der Waals surface area (Å²) in [4.78, 5) is 23.0. The first kappa shape index (κ1) is 24.1. The molecule has 2 unspecified atom stereocenters. The summed E-state index contributed by atoms with van der Waals surface area (Å²) < 4.78 is 11.7. The number of ether oxygens (including phenoxy) is 2. The molecule has 180 valence electrons. The third-order valence-electron chi connectivity index (χ3n) is 6.48. The molecule has 0 radical (unpaired) electrons. The van der Waals surface area contributed by atoms with Gasteiger partial charge < -0.3 is 19.7 Å². The lowest BCUT2D eigenvalue weighted by molar-refractivity contribution is 0.00314. The molecule has 1 aliphatic carbocycles. The second-order valence-electron chi connectivity index (χ2n) is 10.0. The first-order chi connectivity index (χ1) is 16.1. The van der Waals surface area contributed by atoms with E-state index in [4.69, 9.17) is 26.3 Å². The van der Waals surface area contributed by atoms with Gasteiger partial charge in [0.2, 0.25) is 5.88 Å². The van der Waals surface area contributed by atoms with Crippen LogP contribution in [0, 0.1) is 36.0 Å². The van der Waals surface area contributed by atoms with E-state index in [-0.39, 0.29) is 6.09 Å². The predicted octanol–water partition coefficient (Wildman–Crippen LogP) is 5.33. The minimum atomic E-state index is -0.492. The van der Waals surface area contributed by atoms with Crippen LogP contribution in [0.25, 0.3) is 0 Å². The van der Waals surface area contributed by atoms with E-state index in [9.17, 15) is 4.79 Å². The van der Waals surface area contributed by atoms with E-state index >= 15 is 0 Å². The molecule has 1 N–H and O–H groups in total. The number of benzene rings is 1. The van der Waals surface area contributed by atoms with Crippen LogP contribution >= 0.6 is 11.6 Å². The van der Waals surface area contributed by atoms with Crippen molar-refractivity contribution in [1.82, 2.24) is 14.9 Å². The maximum Gasteiger partial charge on any atom is 0.410 e. The number of nitrogens with one attached hydrogen (secondary N) is 1. The number of amides is 1. The van der Waals surface area contributed by atoms with Gasteiger partial charge in [0.15, 0.2) is 0 Å². The second kappa shape index (κ2) is 9.67. The molecule has 1 saturated carbocycles. The van der Waals surface area contributed by atoms with Gasteiger partial charge in [-0.25, -0.2) is 14.8 Å². The van der Waals surface area contributed by atoms with Gasteiger partial charge in [-0.3, -0.25) is 0 Å². The molecule has 0 spiro atoms. The third kappa shape index (κ3) is 5.36. The fourth-order valence-electron chi connectivity index (χ4n) is 4.78. The highest BCUT2D eigenvalue weighted by molar-refractivity contribution is 6.33. The SMILES string of the molecule is Cc1c(Nc2ccc(C#N)cc2Cl)ncnc1OCC1C2CCC1CN(C(=O)OC(C)(C)C)C2. The van der Waals surface area contributed by atoms with Crippen LogP contribution in [0.3, 0.4) is 0 Å². The van der Waals surface area contributed by atoms with Crippen LogP contribution in [0.1, 0.15) is 44.7 Å². The smallest absolute Gasteiger partial charge is 0.410 e. The van der Waals surface area contributed by atoms with Gasteiger partial charge in [0, 0.05) is 19.0 Å². The molecule has 1 aliphatic heterocycles. The number of halogens is 1. The van der Waals surface area contributed by atoms with Crippen molar-refractivity contribution in [3.63, 3.8) is 0 Å². The zero-order valence-corrected chi connectivity index (χ0v) is 20.7. The van der Waals surface area contributed by atoms with Gasteiger partial charge in [-0.15, -0.1) is 0 Å². The van der Waals surface area contributed by atoms with E-state index in [1.54, 1.807) is 18.2 Å². The first-order valence-corrected chi connectivity index (χ1v) is 11.9. The van der Waals surface area contributed by atoms with E-state index in [1.165, 1.54) is 6.33 Å². The van der Waals surface area contributed by atoms with Crippen LogP contribution in [-0.4, -0.2) is 46.3 Å². The fourth-order valence-corrected chi connectivity index (χ4v) is 5.01. The average molecular weight is 484 g/mol. The van der Waals surface area contributed by atoms with Crippen molar-refractivity contribution in [1.29, 1.82) is 5.26 Å². The third-order valence-corrected chi connectivity index (χ3v) is 6.80. The van der Waals surface area contributed by atoms with Crippen molar-refractivity contribution in [3.8, 4) is 11.9 Å². The number of hydrogen-bond donors (Lipinski definition) is 1. The maximum atomic E-state index is 12.5. The van der Waals surface area contributed by atoms with Crippen molar-refractivity contribution in [2.24, 2.45) is 17.8 Å². The Bertz CT molecular complexity index is 1100. The van der Waals surface area contributed by atoms with E-state index in [1.807, 2.05) is 32.6 Å². The summed E-state index contributed by atoms with van der Waals surface area (Å²) >= 11 is 6.30. The van der Waals surface area contributed by atoms with E-state index in [0.29, 0.717) is 65.4 Å². The molecule has 1 amide bonds. The standard InChI is InChI=1S/C25H30ClN5O3/c1-15-22(30-21-8-5-16(10-27)9-20(21)26)28-14-29-23(15)33-13-19-17-6-7-18(19)12-31(11-17)24(32)34-25(2,3)4/h5,8-9,14,17-19H,6-7,11-13H2,1-4H3,(H,28,29,30). The number of anilines is 2. The van der Waals surface area contributed by atoms with Gasteiger partial charge in [0.05, 0.1) is 34.5 Å². The summed E-state index contributed by atoms with van der Waals surface area (Å²) in [5.41, 5.74) is 1.43. The van der Waals surface area contributed by atoms with Crippen molar-refractivity contribution >= 4 is 29.2 Å².